The van der Waals surface area contributed by atoms with Crippen LogP contribution in [0, 0.1) is 6.92 Å². The molecule has 100 valence electrons. The maximum atomic E-state index is 5.80. The quantitative estimate of drug-likeness (QED) is 0.913. The smallest absolute Gasteiger partial charge is 0.127 e. The van der Waals surface area contributed by atoms with Crippen LogP contribution < -0.4 is 10.1 Å². The van der Waals surface area contributed by atoms with Crippen molar-refractivity contribution in [2.75, 3.05) is 13.2 Å². The van der Waals surface area contributed by atoms with Gasteiger partial charge >= 0.3 is 0 Å². The molecule has 0 bridgehead atoms. The molecule has 0 aliphatic carbocycles. The molecule has 19 heavy (non-hydrogen) atoms. The van der Waals surface area contributed by atoms with Crippen molar-refractivity contribution in [1.29, 1.82) is 0 Å². The molecule has 0 fully saturated rings. The topological polar surface area (TPSA) is 34.4 Å². The number of fused-ring (bicyclic) bond motifs is 1. The van der Waals surface area contributed by atoms with Gasteiger partial charge in [0.25, 0.3) is 0 Å². The van der Waals surface area contributed by atoms with Gasteiger partial charge in [-0.3, -0.25) is 0 Å². The Kier molecular flexibility index (Phi) is 3.30. The SMILES string of the molecule is CCNC(c1ccc(C)o1)c1cccc2c1OCC2. The molecule has 0 radical (unpaired) electrons. The molecule has 1 aliphatic rings. The van der Waals surface area contributed by atoms with Crippen LogP contribution in [0.1, 0.15) is 35.6 Å². The summed E-state index contributed by atoms with van der Waals surface area (Å²) < 4.78 is 11.6. The van der Waals surface area contributed by atoms with Crippen LogP contribution in [0.5, 0.6) is 5.75 Å². The number of ether oxygens (including phenoxy) is 1. The molecule has 2 aromatic rings. The summed E-state index contributed by atoms with van der Waals surface area (Å²) in [5.74, 6) is 2.91. The lowest BCUT2D eigenvalue weighted by Crippen LogP contribution is -2.22. The lowest BCUT2D eigenvalue weighted by molar-refractivity contribution is 0.346. The molecule has 0 amide bonds. The van der Waals surface area contributed by atoms with E-state index in [1.807, 2.05) is 19.1 Å². The number of furan rings is 1. The van der Waals surface area contributed by atoms with E-state index in [1.165, 1.54) is 11.1 Å². The maximum Gasteiger partial charge on any atom is 0.127 e. The number of hydrogen-bond donors (Lipinski definition) is 1. The van der Waals surface area contributed by atoms with E-state index in [2.05, 4.69) is 30.4 Å². The zero-order valence-electron chi connectivity index (χ0n) is 11.4. The molecule has 1 N–H and O–H groups in total. The van der Waals surface area contributed by atoms with Gasteiger partial charge in [-0.05, 0) is 31.2 Å². The van der Waals surface area contributed by atoms with Crippen LogP contribution in [0.25, 0.3) is 0 Å². The Balaban J connectivity index is 2.03. The molecule has 1 atom stereocenters. The summed E-state index contributed by atoms with van der Waals surface area (Å²) in [6.45, 7) is 5.74. The standard InChI is InChI=1S/C16H19NO2/c1-3-17-15(14-8-7-11(2)19-14)13-6-4-5-12-9-10-18-16(12)13/h4-8,15,17H,3,9-10H2,1-2H3. The lowest BCUT2D eigenvalue weighted by atomic mass is 10.00. The third kappa shape index (κ3) is 2.26. The Morgan fingerprint density at radius 2 is 2.16 bits per heavy atom. The van der Waals surface area contributed by atoms with E-state index in [9.17, 15) is 0 Å². The van der Waals surface area contributed by atoms with Gasteiger partial charge < -0.3 is 14.5 Å². The molecule has 3 rings (SSSR count). The number of hydrogen-bond acceptors (Lipinski definition) is 3. The van der Waals surface area contributed by atoms with Gasteiger partial charge in [-0.2, -0.15) is 0 Å². The van der Waals surface area contributed by atoms with Crippen LogP contribution in [0.3, 0.4) is 0 Å². The summed E-state index contributed by atoms with van der Waals surface area (Å²) in [5, 5.41) is 3.48. The molecule has 1 aromatic carbocycles. The molecule has 0 saturated carbocycles. The van der Waals surface area contributed by atoms with Crippen LogP contribution in [0.4, 0.5) is 0 Å². The minimum absolute atomic E-state index is 0.0618. The Hall–Kier alpha value is -1.74. The van der Waals surface area contributed by atoms with Crippen LogP contribution >= 0.6 is 0 Å². The first-order valence-electron chi connectivity index (χ1n) is 6.84. The average Bonchev–Trinajstić information content (AvgIpc) is 3.04. The van der Waals surface area contributed by atoms with Crippen molar-refractivity contribution in [1.82, 2.24) is 5.32 Å². The summed E-state index contributed by atoms with van der Waals surface area (Å²) in [5.41, 5.74) is 2.47. The Labute approximate surface area is 113 Å². The van der Waals surface area contributed by atoms with Gasteiger partial charge in [0.15, 0.2) is 0 Å². The number of benzene rings is 1. The fourth-order valence-electron chi connectivity index (χ4n) is 2.64. The van der Waals surface area contributed by atoms with Gasteiger partial charge in [-0.15, -0.1) is 0 Å². The van der Waals surface area contributed by atoms with E-state index < -0.39 is 0 Å². The fourth-order valence-corrected chi connectivity index (χ4v) is 2.64. The first-order valence-corrected chi connectivity index (χ1v) is 6.84. The minimum atomic E-state index is 0.0618. The highest BCUT2D eigenvalue weighted by atomic mass is 16.5. The second-order valence-electron chi connectivity index (χ2n) is 4.87. The third-order valence-electron chi connectivity index (χ3n) is 3.51. The highest BCUT2D eigenvalue weighted by Gasteiger charge is 2.24. The predicted molar refractivity (Wildman–Crippen MR) is 74.6 cm³/mol. The molecule has 1 unspecified atom stereocenters. The summed E-state index contributed by atoms with van der Waals surface area (Å²) in [6, 6.07) is 10.5. The van der Waals surface area contributed by atoms with Crippen LogP contribution in [-0.2, 0) is 6.42 Å². The first-order chi connectivity index (χ1) is 9.29. The van der Waals surface area contributed by atoms with Crippen LogP contribution in [-0.4, -0.2) is 13.2 Å². The van der Waals surface area contributed by atoms with Gasteiger partial charge in [0, 0.05) is 12.0 Å². The third-order valence-corrected chi connectivity index (χ3v) is 3.51. The van der Waals surface area contributed by atoms with Crippen LogP contribution in [0.15, 0.2) is 34.7 Å². The molecular formula is C16H19NO2. The first kappa shape index (κ1) is 12.3. The lowest BCUT2D eigenvalue weighted by Gasteiger charge is -2.18. The van der Waals surface area contributed by atoms with Gasteiger partial charge in [-0.1, -0.05) is 25.1 Å². The molecule has 3 heteroatoms. The van der Waals surface area contributed by atoms with Gasteiger partial charge in [0.1, 0.15) is 17.3 Å². The molecule has 2 heterocycles. The second kappa shape index (κ2) is 5.10. The van der Waals surface area contributed by atoms with Crippen molar-refractivity contribution in [2.45, 2.75) is 26.3 Å². The highest BCUT2D eigenvalue weighted by molar-refractivity contribution is 5.47. The molecule has 1 aromatic heterocycles. The van der Waals surface area contributed by atoms with Crippen molar-refractivity contribution in [3.8, 4) is 5.75 Å². The van der Waals surface area contributed by atoms with Crippen molar-refractivity contribution in [2.24, 2.45) is 0 Å². The second-order valence-corrected chi connectivity index (χ2v) is 4.87. The zero-order valence-corrected chi connectivity index (χ0v) is 11.4. The van der Waals surface area contributed by atoms with Gasteiger partial charge in [0.05, 0.1) is 12.6 Å². The monoisotopic (exact) mass is 257 g/mol. The van der Waals surface area contributed by atoms with E-state index in [-0.39, 0.29) is 6.04 Å². The summed E-state index contributed by atoms with van der Waals surface area (Å²) in [7, 11) is 0. The number of rotatable bonds is 4. The Morgan fingerprint density at radius 1 is 1.26 bits per heavy atom. The Morgan fingerprint density at radius 3 is 2.89 bits per heavy atom. The van der Waals surface area contributed by atoms with E-state index in [0.29, 0.717) is 0 Å². The van der Waals surface area contributed by atoms with E-state index in [1.54, 1.807) is 0 Å². The van der Waals surface area contributed by atoms with E-state index in [0.717, 1.165) is 36.8 Å². The normalized spacial score (nSPS) is 15.1. The Bertz CT molecular complexity index is 574. The van der Waals surface area contributed by atoms with E-state index in [4.69, 9.17) is 9.15 Å². The molecule has 3 nitrogen and oxygen atoms in total. The molecule has 0 spiro atoms. The molecule has 1 aliphatic heterocycles. The predicted octanol–water partition coefficient (Wildman–Crippen LogP) is 3.22. The van der Waals surface area contributed by atoms with Crippen molar-refractivity contribution in [3.05, 3.63) is 53.0 Å². The van der Waals surface area contributed by atoms with Crippen LogP contribution in [0.2, 0.25) is 0 Å². The summed E-state index contributed by atoms with van der Waals surface area (Å²) >= 11 is 0. The zero-order chi connectivity index (χ0) is 13.2. The highest BCUT2D eigenvalue weighted by Crippen LogP contribution is 2.36. The molecule has 0 saturated heterocycles. The number of nitrogens with one attached hydrogen (secondary N) is 1. The minimum Gasteiger partial charge on any atom is -0.493 e. The summed E-state index contributed by atoms with van der Waals surface area (Å²) in [4.78, 5) is 0. The van der Waals surface area contributed by atoms with Crippen molar-refractivity contribution in [3.63, 3.8) is 0 Å². The number of para-hydroxylation sites is 1. The van der Waals surface area contributed by atoms with Crippen molar-refractivity contribution < 1.29 is 9.15 Å². The average molecular weight is 257 g/mol. The van der Waals surface area contributed by atoms with Gasteiger partial charge in [-0.25, -0.2) is 0 Å². The van der Waals surface area contributed by atoms with E-state index >= 15 is 0 Å². The largest absolute Gasteiger partial charge is 0.493 e. The molecular weight excluding hydrogens is 238 g/mol. The maximum absolute atomic E-state index is 5.80. The van der Waals surface area contributed by atoms with Crippen molar-refractivity contribution >= 4 is 0 Å². The van der Waals surface area contributed by atoms with Gasteiger partial charge in [0.2, 0.25) is 0 Å². The summed E-state index contributed by atoms with van der Waals surface area (Å²) in [6.07, 6.45) is 0.999. The number of aryl methyl sites for hydroxylation is 1. The fraction of sp³-hybridized carbons (Fsp3) is 0.375.